The molecular formula is C46H83N. The number of allylic oxidation sites excluding steroid dienone is 5. The number of benzene rings is 2. The standard InChI is InChI=1S/C9H8.C9H12.C5H5N.C5H6.3C3H8.4C2H6.CH4/c1-2-5-9-7-3-6-8(9)4-1;1-8(2)9-6-4-3-5-7-9;1-2-4-6-5-3-1;1-2-4-5-3-1;3*1-3-2;4*1-2;/h1-6H,7H2;3-8H,1-2H3;1-5H;1-4H,5H2;3*3H2,1-2H3;4*1-2H3;1H4. The van der Waals surface area contributed by atoms with Gasteiger partial charge in [-0.05, 0) is 47.6 Å². The van der Waals surface area contributed by atoms with Crippen LogP contribution in [-0.2, 0) is 6.42 Å². The maximum Gasteiger partial charge on any atom is 0.0267 e. The molecule has 1 nitrogen and oxygen atoms in total. The summed E-state index contributed by atoms with van der Waals surface area (Å²) in [7, 11) is 0. The third-order valence-electron chi connectivity index (χ3n) is 4.38. The van der Waals surface area contributed by atoms with Gasteiger partial charge in [0, 0.05) is 12.4 Å². The zero-order valence-electron chi connectivity index (χ0n) is 33.6. The zero-order valence-corrected chi connectivity index (χ0v) is 33.6. The van der Waals surface area contributed by atoms with Gasteiger partial charge in [-0.2, -0.15) is 0 Å². The molecule has 0 radical (unpaired) electrons. The SMILES string of the molecule is C.C1=CCC=C1.C1=Cc2ccccc2C1.CC.CC.CC.CC.CC(C)c1ccccc1.CCC.CCC.CCC.c1ccncc1. The third kappa shape index (κ3) is 52.6. The summed E-state index contributed by atoms with van der Waals surface area (Å²) >= 11 is 0. The number of pyridine rings is 1. The van der Waals surface area contributed by atoms with E-state index in [2.05, 4.69) is 145 Å². The van der Waals surface area contributed by atoms with Crippen molar-refractivity contribution < 1.29 is 0 Å². The Labute approximate surface area is 298 Å². The molecule has 0 amide bonds. The number of fused-ring (bicyclic) bond motifs is 1. The molecule has 0 saturated heterocycles. The lowest BCUT2D eigenvalue weighted by Crippen LogP contribution is -1.83. The van der Waals surface area contributed by atoms with Gasteiger partial charge in [0.05, 0.1) is 0 Å². The van der Waals surface area contributed by atoms with Gasteiger partial charge in [0.2, 0.25) is 0 Å². The molecule has 0 fully saturated rings. The smallest absolute Gasteiger partial charge is 0.0267 e. The van der Waals surface area contributed by atoms with Gasteiger partial charge in [0.1, 0.15) is 0 Å². The van der Waals surface area contributed by atoms with Crippen LogP contribution in [0.2, 0.25) is 0 Å². The van der Waals surface area contributed by atoms with Gasteiger partial charge in [-0.25, -0.2) is 0 Å². The summed E-state index contributed by atoms with van der Waals surface area (Å²) in [6.45, 7) is 33.2. The van der Waals surface area contributed by atoms with Crippen molar-refractivity contribution in [3.8, 4) is 0 Å². The van der Waals surface area contributed by atoms with Gasteiger partial charge in [-0.1, -0.05) is 235 Å². The van der Waals surface area contributed by atoms with Crippen LogP contribution in [0.5, 0.6) is 0 Å². The van der Waals surface area contributed by atoms with Crippen molar-refractivity contribution in [2.45, 2.75) is 156 Å². The highest BCUT2D eigenvalue weighted by atomic mass is 14.6. The molecule has 0 spiro atoms. The molecule has 3 aromatic rings. The minimum absolute atomic E-state index is 0. The van der Waals surface area contributed by atoms with Crippen molar-refractivity contribution in [3.05, 3.63) is 132 Å². The van der Waals surface area contributed by atoms with Crippen molar-refractivity contribution in [3.63, 3.8) is 0 Å². The van der Waals surface area contributed by atoms with Crippen LogP contribution in [0, 0.1) is 0 Å². The summed E-state index contributed by atoms with van der Waals surface area (Å²) in [5.41, 5.74) is 4.26. The van der Waals surface area contributed by atoms with Crippen LogP contribution in [0.1, 0.15) is 166 Å². The lowest BCUT2D eigenvalue weighted by molar-refractivity contribution is 0.867. The highest BCUT2D eigenvalue weighted by molar-refractivity contribution is 5.59. The number of hydrogen-bond donors (Lipinski definition) is 0. The van der Waals surface area contributed by atoms with Crippen LogP contribution in [-0.4, -0.2) is 4.98 Å². The molecule has 1 heteroatoms. The molecule has 2 aliphatic carbocycles. The van der Waals surface area contributed by atoms with Gasteiger partial charge in [-0.15, -0.1) is 0 Å². The van der Waals surface area contributed by atoms with Crippen LogP contribution < -0.4 is 0 Å². The summed E-state index contributed by atoms with van der Waals surface area (Å²) in [6, 6.07) is 24.7. The van der Waals surface area contributed by atoms with Crippen LogP contribution in [0.15, 0.2) is 116 Å². The minimum atomic E-state index is 0. The highest BCUT2D eigenvalue weighted by Crippen LogP contribution is 2.17. The van der Waals surface area contributed by atoms with E-state index < -0.39 is 0 Å². The number of nitrogens with zero attached hydrogens (tertiary/aromatic N) is 1. The van der Waals surface area contributed by atoms with Crippen molar-refractivity contribution in [2.24, 2.45) is 0 Å². The van der Waals surface area contributed by atoms with Gasteiger partial charge < -0.3 is 0 Å². The van der Waals surface area contributed by atoms with E-state index in [0.717, 1.165) is 12.8 Å². The summed E-state index contributed by atoms with van der Waals surface area (Å²) in [5, 5.41) is 0. The first-order valence-electron chi connectivity index (χ1n) is 18.5. The van der Waals surface area contributed by atoms with Gasteiger partial charge in [0.15, 0.2) is 0 Å². The second-order valence-electron chi connectivity index (χ2n) is 9.11. The summed E-state index contributed by atoms with van der Waals surface area (Å²) in [6.07, 6.45) is 22.2. The molecule has 0 unspecified atom stereocenters. The maximum absolute atomic E-state index is 3.78. The van der Waals surface area contributed by atoms with E-state index in [1.54, 1.807) is 12.4 Å². The zero-order chi connectivity index (χ0) is 36.7. The monoisotopic (exact) mass is 650 g/mol. The molecule has 272 valence electrons. The van der Waals surface area contributed by atoms with E-state index in [1.165, 1.54) is 36.0 Å². The first-order chi connectivity index (χ1) is 22.5. The van der Waals surface area contributed by atoms with Gasteiger partial charge in [0.25, 0.3) is 0 Å². The Balaban J connectivity index is -0.0000000793. The normalized spacial score (nSPS) is 9.13. The fourth-order valence-corrected chi connectivity index (χ4v) is 2.74. The number of hydrogen-bond acceptors (Lipinski definition) is 1. The second-order valence-corrected chi connectivity index (χ2v) is 9.11. The summed E-state index contributed by atoms with van der Waals surface area (Å²) < 4.78 is 0. The largest absolute Gasteiger partial charge is 0.265 e. The van der Waals surface area contributed by atoms with Crippen LogP contribution in [0.3, 0.4) is 0 Å². The van der Waals surface area contributed by atoms with Crippen molar-refractivity contribution in [2.75, 3.05) is 0 Å². The van der Waals surface area contributed by atoms with E-state index in [-0.39, 0.29) is 7.43 Å². The molecule has 0 saturated carbocycles. The molecule has 0 aliphatic heterocycles. The predicted octanol–water partition coefficient (Wildman–Crippen LogP) is 16.6. The first-order valence-corrected chi connectivity index (χ1v) is 18.5. The van der Waals surface area contributed by atoms with E-state index in [9.17, 15) is 0 Å². The van der Waals surface area contributed by atoms with Crippen LogP contribution in [0.4, 0.5) is 0 Å². The molecule has 2 aromatic carbocycles. The molecule has 0 atom stereocenters. The molecule has 2 aliphatic rings. The Hall–Kier alpha value is -3.19. The Morgan fingerprint density at radius 3 is 1.19 bits per heavy atom. The van der Waals surface area contributed by atoms with Gasteiger partial charge >= 0.3 is 0 Å². The highest BCUT2D eigenvalue weighted by Gasteiger charge is 2.00. The average Bonchev–Trinajstić information content (AvgIpc) is 3.88. The molecule has 5 rings (SSSR count). The predicted molar refractivity (Wildman–Crippen MR) is 227 cm³/mol. The van der Waals surface area contributed by atoms with Crippen LogP contribution in [0.25, 0.3) is 6.08 Å². The van der Waals surface area contributed by atoms with E-state index >= 15 is 0 Å². The fraction of sp³-hybridized carbons (Fsp3) is 0.500. The van der Waals surface area contributed by atoms with Gasteiger partial charge in [-0.3, -0.25) is 4.98 Å². The molecule has 0 N–H and O–H groups in total. The second kappa shape index (κ2) is 61.8. The molecular weight excluding hydrogens is 567 g/mol. The first kappa shape index (κ1) is 59.3. The lowest BCUT2D eigenvalue weighted by atomic mass is 10.0. The Morgan fingerprint density at radius 2 is 0.915 bits per heavy atom. The number of rotatable bonds is 1. The van der Waals surface area contributed by atoms with E-state index in [1.807, 2.05) is 79.7 Å². The Kier molecular flexibility index (Phi) is 77.9. The van der Waals surface area contributed by atoms with E-state index in [4.69, 9.17) is 0 Å². The van der Waals surface area contributed by atoms with Crippen LogP contribution >= 0.6 is 0 Å². The molecule has 1 aromatic heterocycles. The van der Waals surface area contributed by atoms with Crippen molar-refractivity contribution >= 4 is 6.08 Å². The minimum Gasteiger partial charge on any atom is -0.265 e. The van der Waals surface area contributed by atoms with Crippen molar-refractivity contribution in [1.82, 2.24) is 4.98 Å². The fourth-order valence-electron chi connectivity index (χ4n) is 2.74. The summed E-state index contributed by atoms with van der Waals surface area (Å²) in [4.78, 5) is 3.78. The lowest BCUT2D eigenvalue weighted by Gasteiger charge is -2.01. The summed E-state index contributed by atoms with van der Waals surface area (Å²) in [5.74, 6) is 0.659. The molecule has 47 heavy (non-hydrogen) atoms. The maximum atomic E-state index is 3.78. The Morgan fingerprint density at radius 1 is 0.532 bits per heavy atom. The van der Waals surface area contributed by atoms with Crippen molar-refractivity contribution in [1.29, 1.82) is 0 Å². The third-order valence-corrected chi connectivity index (χ3v) is 4.38. The quantitative estimate of drug-likeness (QED) is 0.256. The topological polar surface area (TPSA) is 12.9 Å². The Bertz CT molecular complexity index is 880. The number of aromatic nitrogens is 1. The average molecular weight is 650 g/mol. The van der Waals surface area contributed by atoms with E-state index in [0.29, 0.717) is 5.92 Å². The molecule has 0 bridgehead atoms. The molecule has 1 heterocycles.